The van der Waals surface area contributed by atoms with Crippen LogP contribution in [-0.4, -0.2) is 27.1 Å². The van der Waals surface area contributed by atoms with Gasteiger partial charge in [-0.2, -0.15) is 8.42 Å². The summed E-state index contributed by atoms with van der Waals surface area (Å²) in [7, 11) is -5.19. The zero-order chi connectivity index (χ0) is 14.3. The van der Waals surface area contributed by atoms with Crippen molar-refractivity contribution in [3.8, 4) is 0 Å². The molecule has 1 aromatic carbocycles. The zero-order valence-electron chi connectivity index (χ0n) is 10.4. The number of carbonyl (C=O) groups is 1. The molecule has 1 rings (SSSR count). The van der Waals surface area contributed by atoms with Crippen LogP contribution in [0.15, 0.2) is 30.3 Å². The maximum absolute atomic E-state index is 12.5. The van der Waals surface area contributed by atoms with E-state index >= 15 is 0 Å². The number of aryl methyl sites for hydroxylation is 1. The lowest BCUT2D eigenvalue weighted by Crippen LogP contribution is -2.28. The molecule has 0 N–H and O–H groups in total. The van der Waals surface area contributed by atoms with E-state index in [1.807, 2.05) is 30.3 Å². The van der Waals surface area contributed by atoms with Gasteiger partial charge in [-0.3, -0.25) is 0 Å². The topological polar surface area (TPSA) is 69.7 Å². The van der Waals surface area contributed by atoms with Crippen LogP contribution in [0.5, 0.6) is 0 Å². The predicted molar refractivity (Wildman–Crippen MR) is 66.3 cm³/mol. The Morgan fingerprint density at radius 2 is 1.95 bits per heavy atom. The molecule has 19 heavy (non-hydrogen) atoms. The van der Waals surface area contributed by atoms with Crippen molar-refractivity contribution in [2.45, 2.75) is 25.9 Å². The standard InChI is InChI=1S/C12H15FO5S/c1-2-17-12(14)11(18-19(13,15)16)9-8-10-6-4-3-5-7-10/h3-7,11H,2,8-9H2,1H3/t11-/m1/s1. The molecule has 1 atom stereocenters. The predicted octanol–water partition coefficient (Wildman–Crippen LogP) is 1.78. The molecule has 5 nitrogen and oxygen atoms in total. The van der Waals surface area contributed by atoms with Crippen molar-refractivity contribution in [1.82, 2.24) is 0 Å². The largest absolute Gasteiger partial charge is 0.464 e. The first kappa shape index (κ1) is 15.6. The van der Waals surface area contributed by atoms with Gasteiger partial charge in [-0.15, -0.1) is 0 Å². The summed E-state index contributed by atoms with van der Waals surface area (Å²) in [5, 5.41) is 0. The van der Waals surface area contributed by atoms with Crippen molar-refractivity contribution in [3.05, 3.63) is 35.9 Å². The highest BCUT2D eigenvalue weighted by Gasteiger charge is 2.26. The number of halogens is 1. The van der Waals surface area contributed by atoms with E-state index in [1.165, 1.54) is 0 Å². The molecule has 1 aromatic rings. The fraction of sp³-hybridized carbons (Fsp3) is 0.417. The van der Waals surface area contributed by atoms with E-state index in [0.717, 1.165) is 5.56 Å². The molecule has 0 heterocycles. The maximum atomic E-state index is 12.5. The van der Waals surface area contributed by atoms with Gasteiger partial charge in [0.1, 0.15) is 0 Å². The first-order chi connectivity index (χ1) is 8.92. The van der Waals surface area contributed by atoms with Gasteiger partial charge in [0.05, 0.1) is 6.61 Å². The van der Waals surface area contributed by atoms with Gasteiger partial charge in [-0.25, -0.2) is 8.98 Å². The maximum Gasteiger partial charge on any atom is 0.438 e. The van der Waals surface area contributed by atoms with Crippen LogP contribution in [0.2, 0.25) is 0 Å². The Morgan fingerprint density at radius 1 is 1.32 bits per heavy atom. The van der Waals surface area contributed by atoms with Crippen molar-refractivity contribution in [2.75, 3.05) is 6.61 Å². The third-order valence-electron chi connectivity index (χ3n) is 2.32. The molecule has 0 saturated heterocycles. The Balaban J connectivity index is 2.66. The molecular weight excluding hydrogens is 275 g/mol. The quantitative estimate of drug-likeness (QED) is 0.565. The fourth-order valence-electron chi connectivity index (χ4n) is 1.52. The number of hydrogen-bond donors (Lipinski definition) is 0. The first-order valence-corrected chi connectivity index (χ1v) is 7.06. The highest BCUT2D eigenvalue weighted by Crippen LogP contribution is 2.12. The number of rotatable bonds is 7. The summed E-state index contributed by atoms with van der Waals surface area (Å²) < 4.78 is 42.2. The minimum Gasteiger partial charge on any atom is -0.464 e. The van der Waals surface area contributed by atoms with Gasteiger partial charge < -0.3 is 4.74 Å². The lowest BCUT2D eigenvalue weighted by Gasteiger charge is -2.13. The molecule has 0 unspecified atom stereocenters. The van der Waals surface area contributed by atoms with Crippen molar-refractivity contribution < 1.29 is 26.0 Å². The molecule has 0 bridgehead atoms. The van der Waals surface area contributed by atoms with E-state index in [-0.39, 0.29) is 13.0 Å². The van der Waals surface area contributed by atoms with E-state index in [1.54, 1.807) is 6.92 Å². The Labute approximate surface area is 111 Å². The Bertz CT molecular complexity index is 500. The molecule has 0 spiro atoms. The number of carbonyl (C=O) groups excluding carboxylic acids is 1. The van der Waals surface area contributed by atoms with Crippen LogP contribution in [0.1, 0.15) is 18.9 Å². The molecule has 0 aliphatic rings. The van der Waals surface area contributed by atoms with Crippen LogP contribution in [0.3, 0.4) is 0 Å². The summed E-state index contributed by atoms with van der Waals surface area (Å²) in [5.41, 5.74) is 0.886. The van der Waals surface area contributed by atoms with Crippen molar-refractivity contribution in [3.63, 3.8) is 0 Å². The minimum atomic E-state index is -5.19. The normalized spacial score (nSPS) is 12.9. The second-order valence-electron chi connectivity index (χ2n) is 3.75. The van der Waals surface area contributed by atoms with Crippen molar-refractivity contribution in [1.29, 1.82) is 0 Å². The Morgan fingerprint density at radius 3 is 2.47 bits per heavy atom. The van der Waals surface area contributed by atoms with E-state index in [9.17, 15) is 17.1 Å². The van der Waals surface area contributed by atoms with Crippen molar-refractivity contribution >= 4 is 16.5 Å². The van der Waals surface area contributed by atoms with Gasteiger partial charge in [0.2, 0.25) is 0 Å². The highest BCUT2D eigenvalue weighted by atomic mass is 32.3. The molecule has 0 aliphatic heterocycles. The van der Waals surface area contributed by atoms with Gasteiger partial charge in [-0.1, -0.05) is 34.2 Å². The molecule has 7 heteroatoms. The van der Waals surface area contributed by atoms with Crippen LogP contribution < -0.4 is 0 Å². The second kappa shape index (κ2) is 7.20. The molecule has 0 amide bonds. The van der Waals surface area contributed by atoms with E-state index in [4.69, 9.17) is 0 Å². The molecule has 0 aromatic heterocycles. The fourth-order valence-corrected chi connectivity index (χ4v) is 1.97. The van der Waals surface area contributed by atoms with Crippen LogP contribution in [0.25, 0.3) is 0 Å². The van der Waals surface area contributed by atoms with Crippen molar-refractivity contribution in [2.24, 2.45) is 0 Å². The molecule has 0 saturated carbocycles. The van der Waals surface area contributed by atoms with Gasteiger partial charge in [0.25, 0.3) is 0 Å². The van der Waals surface area contributed by atoms with Crippen LogP contribution in [0.4, 0.5) is 3.89 Å². The lowest BCUT2D eigenvalue weighted by atomic mass is 10.1. The molecule has 0 aliphatic carbocycles. The molecular formula is C12H15FO5S. The number of ether oxygens (including phenoxy) is 1. The van der Waals surface area contributed by atoms with Gasteiger partial charge in [0.15, 0.2) is 6.10 Å². The number of hydrogen-bond acceptors (Lipinski definition) is 5. The van der Waals surface area contributed by atoms with Gasteiger partial charge >= 0.3 is 16.5 Å². The summed E-state index contributed by atoms with van der Waals surface area (Å²) in [6, 6.07) is 9.07. The summed E-state index contributed by atoms with van der Waals surface area (Å²) >= 11 is 0. The third-order valence-corrected chi connectivity index (χ3v) is 2.78. The average Bonchev–Trinajstić information content (AvgIpc) is 2.34. The lowest BCUT2D eigenvalue weighted by molar-refractivity contribution is -0.151. The Kier molecular flexibility index (Phi) is 5.91. The van der Waals surface area contributed by atoms with E-state index in [2.05, 4.69) is 8.92 Å². The summed E-state index contributed by atoms with van der Waals surface area (Å²) in [4.78, 5) is 11.5. The van der Waals surface area contributed by atoms with Gasteiger partial charge in [0, 0.05) is 0 Å². The monoisotopic (exact) mass is 290 g/mol. The first-order valence-electron chi connectivity index (χ1n) is 5.76. The zero-order valence-corrected chi connectivity index (χ0v) is 11.2. The highest BCUT2D eigenvalue weighted by molar-refractivity contribution is 7.81. The number of benzene rings is 1. The second-order valence-corrected chi connectivity index (χ2v) is 4.73. The smallest absolute Gasteiger partial charge is 0.438 e. The molecule has 0 radical (unpaired) electrons. The van der Waals surface area contributed by atoms with E-state index < -0.39 is 22.6 Å². The third kappa shape index (κ3) is 6.30. The van der Waals surface area contributed by atoms with Crippen LogP contribution in [-0.2, 0) is 30.6 Å². The minimum absolute atomic E-state index is 0.0198. The van der Waals surface area contributed by atoms with E-state index in [0.29, 0.717) is 6.42 Å². The van der Waals surface area contributed by atoms with Crippen LogP contribution >= 0.6 is 0 Å². The summed E-state index contributed by atoms with van der Waals surface area (Å²) in [6.45, 7) is 1.63. The van der Waals surface area contributed by atoms with Gasteiger partial charge in [-0.05, 0) is 25.3 Å². The Hall–Kier alpha value is -1.47. The summed E-state index contributed by atoms with van der Waals surface area (Å²) in [5.74, 6) is -0.889. The average molecular weight is 290 g/mol. The molecule has 0 fully saturated rings. The SMILES string of the molecule is CCOC(=O)[C@@H](CCc1ccccc1)OS(=O)(=O)F. The molecule has 106 valence electrons. The van der Waals surface area contributed by atoms with Crippen LogP contribution in [0, 0.1) is 0 Å². The number of esters is 1. The summed E-state index contributed by atoms with van der Waals surface area (Å²) in [6.07, 6.45) is -1.07.